The number of rotatable bonds is 7. The SMILES string of the molecule is O=C(C[C@@H]1CCCN1c1cc(-n2ccnc2)c2ccc(Cl)c(Cl)c2n1)NCCC(O)(C(F)(F)F)C(F)(F)F. The minimum absolute atomic E-state index is 0.208. The second-order valence-electron chi connectivity index (χ2n) is 8.88. The van der Waals surface area contributed by atoms with E-state index < -0.39 is 42.9 Å². The lowest BCUT2D eigenvalue weighted by molar-refractivity contribution is -0.369. The number of aliphatic hydroxyl groups is 1. The maximum atomic E-state index is 12.9. The monoisotopic (exact) mass is 583 g/mol. The molecule has 1 fully saturated rings. The van der Waals surface area contributed by atoms with Gasteiger partial charge in [0, 0.05) is 55.8 Å². The van der Waals surface area contributed by atoms with Gasteiger partial charge in [0.25, 0.3) is 5.60 Å². The zero-order valence-corrected chi connectivity index (χ0v) is 21.0. The second-order valence-corrected chi connectivity index (χ2v) is 9.66. The summed E-state index contributed by atoms with van der Waals surface area (Å²) in [7, 11) is 0. The van der Waals surface area contributed by atoms with Gasteiger partial charge in [-0.3, -0.25) is 4.79 Å². The summed E-state index contributed by atoms with van der Waals surface area (Å²) in [5.74, 6) is -0.297. The van der Waals surface area contributed by atoms with Gasteiger partial charge in [-0.05, 0) is 25.0 Å². The van der Waals surface area contributed by atoms with E-state index in [0.717, 1.165) is 0 Å². The highest BCUT2D eigenvalue weighted by molar-refractivity contribution is 6.45. The zero-order chi connectivity index (χ0) is 27.9. The van der Waals surface area contributed by atoms with E-state index in [1.54, 1.807) is 41.5 Å². The summed E-state index contributed by atoms with van der Waals surface area (Å²) in [4.78, 5) is 23.0. The average molecular weight is 584 g/mol. The van der Waals surface area contributed by atoms with Crippen LogP contribution < -0.4 is 10.2 Å². The minimum atomic E-state index is -5.95. The number of nitrogens with zero attached hydrogens (tertiary/aromatic N) is 4. The zero-order valence-electron chi connectivity index (χ0n) is 19.5. The van der Waals surface area contributed by atoms with Gasteiger partial charge in [0.1, 0.15) is 5.82 Å². The van der Waals surface area contributed by atoms with Crippen molar-refractivity contribution in [1.82, 2.24) is 19.9 Å². The van der Waals surface area contributed by atoms with Crippen molar-refractivity contribution in [3.8, 4) is 5.69 Å². The summed E-state index contributed by atoms with van der Waals surface area (Å²) in [6.07, 6.45) is -7.77. The normalized spacial score (nSPS) is 16.9. The van der Waals surface area contributed by atoms with Gasteiger partial charge in [0.2, 0.25) is 5.91 Å². The number of carbonyl (C=O) groups excluding carboxylic acids is 1. The van der Waals surface area contributed by atoms with Crippen molar-refractivity contribution < 1.29 is 36.2 Å². The van der Waals surface area contributed by atoms with Crippen LogP contribution in [-0.4, -0.2) is 62.6 Å². The summed E-state index contributed by atoms with van der Waals surface area (Å²) in [5.41, 5.74) is -3.82. The quantitative estimate of drug-likeness (QED) is 0.361. The van der Waals surface area contributed by atoms with Gasteiger partial charge in [0.05, 0.1) is 27.6 Å². The first-order valence-electron chi connectivity index (χ1n) is 11.4. The second kappa shape index (κ2) is 10.4. The summed E-state index contributed by atoms with van der Waals surface area (Å²) < 4.78 is 79.0. The Morgan fingerprint density at radius 3 is 2.50 bits per heavy atom. The number of halogens is 8. The number of hydrogen-bond donors (Lipinski definition) is 2. The molecule has 3 heterocycles. The van der Waals surface area contributed by atoms with Crippen molar-refractivity contribution in [2.75, 3.05) is 18.0 Å². The molecule has 0 saturated carbocycles. The standard InChI is InChI=1S/C23H21Cl2F6N5O2/c24-15-4-3-14-16(35-9-7-32-12-35)11-17(34-20(14)19(15)25)36-8-1-2-13(36)10-18(37)33-6-5-21(38,22(26,27)28)23(29,30)31/h3-4,7,9,11-13,38H,1-2,5-6,8,10H2,(H,33,37)/t13-/m0/s1. The van der Waals surface area contributed by atoms with Crippen LogP contribution in [0, 0.1) is 0 Å². The molecule has 7 nitrogen and oxygen atoms in total. The van der Waals surface area contributed by atoms with Crippen LogP contribution in [0.5, 0.6) is 0 Å². The Morgan fingerprint density at radius 2 is 1.87 bits per heavy atom. The Balaban J connectivity index is 1.53. The molecule has 1 atom stereocenters. The first-order chi connectivity index (χ1) is 17.7. The third-order valence-corrected chi connectivity index (χ3v) is 7.25. The molecule has 1 aliphatic rings. The van der Waals surface area contributed by atoms with Crippen LogP contribution >= 0.6 is 23.2 Å². The number of pyridine rings is 1. The van der Waals surface area contributed by atoms with E-state index in [1.807, 2.05) is 4.90 Å². The molecule has 3 aromatic rings. The molecular weight excluding hydrogens is 563 g/mol. The Hall–Kier alpha value is -2.77. The highest BCUT2D eigenvalue weighted by Crippen LogP contribution is 2.45. The van der Waals surface area contributed by atoms with Gasteiger partial charge in [-0.15, -0.1) is 0 Å². The van der Waals surface area contributed by atoms with Gasteiger partial charge in [-0.2, -0.15) is 26.3 Å². The highest BCUT2D eigenvalue weighted by Gasteiger charge is 2.69. The van der Waals surface area contributed by atoms with Crippen molar-refractivity contribution in [3.05, 3.63) is 47.0 Å². The number of carbonyl (C=O) groups is 1. The predicted molar refractivity (Wildman–Crippen MR) is 129 cm³/mol. The Kier molecular flexibility index (Phi) is 7.74. The first-order valence-corrected chi connectivity index (χ1v) is 12.1. The number of benzene rings is 1. The van der Waals surface area contributed by atoms with Gasteiger partial charge >= 0.3 is 12.4 Å². The fourth-order valence-electron chi connectivity index (χ4n) is 4.43. The van der Waals surface area contributed by atoms with Crippen molar-refractivity contribution >= 4 is 45.8 Å². The van der Waals surface area contributed by atoms with Crippen molar-refractivity contribution in [2.24, 2.45) is 0 Å². The summed E-state index contributed by atoms with van der Waals surface area (Å²) in [5, 5.41) is 12.5. The first kappa shape index (κ1) is 28.2. The lowest BCUT2D eigenvalue weighted by Gasteiger charge is -2.32. The molecule has 0 radical (unpaired) electrons. The van der Waals surface area contributed by atoms with E-state index in [9.17, 15) is 36.2 Å². The highest BCUT2D eigenvalue weighted by atomic mass is 35.5. The molecule has 0 spiro atoms. The number of fused-ring (bicyclic) bond motifs is 1. The number of imidazole rings is 1. The van der Waals surface area contributed by atoms with Crippen molar-refractivity contribution in [1.29, 1.82) is 0 Å². The molecule has 1 amide bonds. The summed E-state index contributed by atoms with van der Waals surface area (Å²) in [6, 6.07) is 4.73. The fraction of sp³-hybridized carbons (Fsp3) is 0.435. The Bertz CT molecular complexity index is 1300. The third kappa shape index (κ3) is 5.36. The maximum absolute atomic E-state index is 12.9. The number of anilines is 1. The Morgan fingerprint density at radius 1 is 1.16 bits per heavy atom. The average Bonchev–Trinajstić information content (AvgIpc) is 3.52. The molecule has 4 rings (SSSR count). The topological polar surface area (TPSA) is 83.3 Å². The van der Waals surface area contributed by atoms with E-state index in [4.69, 9.17) is 23.2 Å². The molecule has 0 unspecified atom stereocenters. The molecule has 0 bridgehead atoms. The van der Waals surface area contributed by atoms with Crippen LogP contribution in [-0.2, 0) is 4.79 Å². The Labute approximate surface area is 222 Å². The molecule has 15 heteroatoms. The fourth-order valence-corrected chi connectivity index (χ4v) is 4.79. The van der Waals surface area contributed by atoms with E-state index >= 15 is 0 Å². The predicted octanol–water partition coefficient (Wildman–Crippen LogP) is 5.45. The number of nitrogens with one attached hydrogen (secondary N) is 1. The van der Waals surface area contributed by atoms with E-state index in [0.29, 0.717) is 41.8 Å². The van der Waals surface area contributed by atoms with Gasteiger partial charge in [-0.1, -0.05) is 23.2 Å². The van der Waals surface area contributed by atoms with Crippen LogP contribution in [0.2, 0.25) is 10.0 Å². The van der Waals surface area contributed by atoms with Crippen LogP contribution in [0.25, 0.3) is 16.6 Å². The number of amides is 1. The third-order valence-electron chi connectivity index (χ3n) is 6.46. The molecular formula is C23H21Cl2F6N5O2. The van der Waals surface area contributed by atoms with Gasteiger partial charge in [-0.25, -0.2) is 9.97 Å². The number of hydrogen-bond acceptors (Lipinski definition) is 5. The lowest BCUT2D eigenvalue weighted by Crippen LogP contribution is -2.58. The van der Waals surface area contributed by atoms with Crippen LogP contribution in [0.3, 0.4) is 0 Å². The molecule has 38 heavy (non-hydrogen) atoms. The van der Waals surface area contributed by atoms with Crippen LogP contribution in [0.4, 0.5) is 32.2 Å². The van der Waals surface area contributed by atoms with E-state index in [2.05, 4.69) is 15.3 Å². The molecule has 206 valence electrons. The molecule has 1 aliphatic heterocycles. The van der Waals surface area contributed by atoms with Gasteiger partial charge < -0.3 is 19.9 Å². The number of aromatic nitrogens is 3. The number of alkyl halides is 6. The minimum Gasteiger partial charge on any atom is -0.374 e. The summed E-state index contributed by atoms with van der Waals surface area (Å²) >= 11 is 12.6. The van der Waals surface area contributed by atoms with Crippen molar-refractivity contribution in [3.63, 3.8) is 0 Å². The van der Waals surface area contributed by atoms with Gasteiger partial charge in [0.15, 0.2) is 0 Å². The molecule has 1 aromatic carbocycles. The smallest absolute Gasteiger partial charge is 0.374 e. The van der Waals surface area contributed by atoms with Crippen LogP contribution in [0.1, 0.15) is 25.7 Å². The molecule has 1 saturated heterocycles. The molecule has 0 aliphatic carbocycles. The van der Waals surface area contributed by atoms with Crippen molar-refractivity contribution in [2.45, 2.75) is 49.7 Å². The molecule has 2 aromatic heterocycles. The largest absolute Gasteiger partial charge is 0.426 e. The van der Waals surface area contributed by atoms with E-state index in [1.165, 1.54) is 0 Å². The van der Waals surface area contributed by atoms with E-state index in [-0.39, 0.29) is 16.5 Å². The maximum Gasteiger partial charge on any atom is 0.426 e. The summed E-state index contributed by atoms with van der Waals surface area (Å²) in [6.45, 7) is -0.520. The molecule has 2 N–H and O–H groups in total. The van der Waals surface area contributed by atoms with Crippen LogP contribution in [0.15, 0.2) is 36.9 Å². The lowest BCUT2D eigenvalue weighted by atomic mass is 9.98.